The molecule has 1 heterocycles. The van der Waals surface area contributed by atoms with Crippen molar-refractivity contribution in [1.82, 2.24) is 9.88 Å². The van der Waals surface area contributed by atoms with Crippen LogP contribution in [0.5, 0.6) is 0 Å². The number of nitrogens with one attached hydrogen (secondary N) is 1. The zero-order valence-corrected chi connectivity index (χ0v) is 17.5. The number of nitrogens with zero attached hydrogens (tertiary/aromatic N) is 1. The number of carbonyl (C=O) groups is 3. The number of amides is 1. The third-order valence-electron chi connectivity index (χ3n) is 4.66. The van der Waals surface area contributed by atoms with Crippen molar-refractivity contribution >= 4 is 29.4 Å². The highest BCUT2D eigenvalue weighted by Crippen LogP contribution is 2.14. The summed E-state index contributed by atoms with van der Waals surface area (Å²) in [6.45, 7) is 3.41. The van der Waals surface area contributed by atoms with Crippen molar-refractivity contribution in [2.45, 2.75) is 26.3 Å². The largest absolute Gasteiger partial charge is 0.456 e. The average molecular weight is 403 g/mol. The molecule has 1 aromatic carbocycles. The third-order valence-corrected chi connectivity index (χ3v) is 5.30. The molecule has 28 heavy (non-hydrogen) atoms. The van der Waals surface area contributed by atoms with Gasteiger partial charge in [0.15, 0.2) is 6.61 Å². The number of thioether (sulfide) groups is 1. The second kappa shape index (κ2) is 10.1. The fourth-order valence-corrected chi connectivity index (χ4v) is 3.24. The molecule has 0 aliphatic carbocycles. The molecule has 0 radical (unpaired) electrons. The van der Waals surface area contributed by atoms with Crippen LogP contribution in [0.4, 0.5) is 0 Å². The van der Waals surface area contributed by atoms with Crippen molar-refractivity contribution < 1.29 is 19.1 Å². The van der Waals surface area contributed by atoms with Crippen molar-refractivity contribution in [3.63, 3.8) is 0 Å². The minimum absolute atomic E-state index is 0.257. The predicted octanol–water partition coefficient (Wildman–Crippen LogP) is 2.92. The molecule has 0 fully saturated rings. The number of ether oxygens (including phenoxy) is 1. The van der Waals surface area contributed by atoms with Gasteiger partial charge < -0.3 is 14.6 Å². The van der Waals surface area contributed by atoms with Gasteiger partial charge in [0, 0.05) is 29.6 Å². The van der Waals surface area contributed by atoms with Crippen molar-refractivity contribution in [3.8, 4) is 0 Å². The molecule has 0 spiro atoms. The van der Waals surface area contributed by atoms with Crippen LogP contribution in [0, 0.1) is 13.8 Å². The molecule has 6 nitrogen and oxygen atoms in total. The molecule has 0 bridgehead atoms. The summed E-state index contributed by atoms with van der Waals surface area (Å²) in [6.07, 6.45) is 2.35. The standard InChI is InChI=1S/C21H26N2O4S/c1-14-12-17(15(2)23(14)3)19(24)13-27-21(26)18(10-11-28-4)22-20(25)16-8-6-5-7-9-16/h5-9,12,18H,10-11,13H2,1-4H3,(H,22,25)/t18-/m1/s1. The minimum Gasteiger partial charge on any atom is -0.456 e. The highest BCUT2D eigenvalue weighted by atomic mass is 32.2. The van der Waals surface area contributed by atoms with Crippen LogP contribution >= 0.6 is 11.8 Å². The number of benzene rings is 1. The summed E-state index contributed by atoms with van der Waals surface area (Å²) in [4.78, 5) is 37.3. The lowest BCUT2D eigenvalue weighted by molar-refractivity contribution is -0.144. The van der Waals surface area contributed by atoms with Crippen LogP contribution in [-0.4, -0.2) is 46.9 Å². The van der Waals surface area contributed by atoms with Gasteiger partial charge in [-0.1, -0.05) is 18.2 Å². The van der Waals surface area contributed by atoms with Crippen molar-refractivity contribution in [3.05, 3.63) is 58.9 Å². The Morgan fingerprint density at radius 1 is 1.18 bits per heavy atom. The van der Waals surface area contributed by atoms with Gasteiger partial charge in [0.1, 0.15) is 6.04 Å². The number of aromatic nitrogens is 1. The van der Waals surface area contributed by atoms with Crippen LogP contribution < -0.4 is 5.32 Å². The first kappa shape index (κ1) is 21.8. The molecule has 1 amide bonds. The summed E-state index contributed by atoms with van der Waals surface area (Å²) in [7, 11) is 1.88. The number of esters is 1. The van der Waals surface area contributed by atoms with Crippen molar-refractivity contribution in [2.24, 2.45) is 7.05 Å². The normalized spacial score (nSPS) is 11.7. The molecular weight excluding hydrogens is 376 g/mol. The molecule has 2 aromatic rings. The quantitative estimate of drug-likeness (QED) is 0.515. The van der Waals surface area contributed by atoms with Crippen LogP contribution in [0.25, 0.3) is 0 Å². The summed E-state index contributed by atoms with van der Waals surface area (Å²) in [5.74, 6) is -0.520. The Labute approximate surface area is 169 Å². The topological polar surface area (TPSA) is 77.4 Å². The second-order valence-corrected chi connectivity index (χ2v) is 7.53. The molecule has 0 saturated heterocycles. The molecule has 1 atom stereocenters. The lowest BCUT2D eigenvalue weighted by Gasteiger charge is -2.17. The number of carbonyl (C=O) groups excluding carboxylic acids is 3. The maximum absolute atomic E-state index is 12.5. The molecule has 7 heteroatoms. The molecule has 2 rings (SSSR count). The third kappa shape index (κ3) is 5.48. The van der Waals surface area contributed by atoms with E-state index in [1.807, 2.05) is 37.8 Å². The molecule has 0 unspecified atom stereocenters. The van der Waals surface area contributed by atoms with Crippen LogP contribution in [0.15, 0.2) is 36.4 Å². The van der Waals surface area contributed by atoms with Gasteiger partial charge in [-0.25, -0.2) is 4.79 Å². The first-order valence-corrected chi connectivity index (χ1v) is 10.4. The number of hydrogen-bond donors (Lipinski definition) is 1. The van der Waals surface area contributed by atoms with E-state index in [0.717, 1.165) is 11.4 Å². The molecular formula is C21H26N2O4S. The lowest BCUT2D eigenvalue weighted by atomic mass is 10.1. The van der Waals surface area contributed by atoms with E-state index in [2.05, 4.69) is 5.32 Å². The van der Waals surface area contributed by atoms with E-state index in [9.17, 15) is 14.4 Å². The van der Waals surface area contributed by atoms with E-state index in [4.69, 9.17) is 4.74 Å². The van der Waals surface area contributed by atoms with Crippen LogP contribution in [0.2, 0.25) is 0 Å². The highest BCUT2D eigenvalue weighted by molar-refractivity contribution is 7.98. The van der Waals surface area contributed by atoms with E-state index >= 15 is 0 Å². The fourth-order valence-electron chi connectivity index (χ4n) is 2.77. The zero-order valence-electron chi connectivity index (χ0n) is 16.7. The van der Waals surface area contributed by atoms with Gasteiger partial charge in [0.05, 0.1) is 0 Å². The maximum atomic E-state index is 12.5. The van der Waals surface area contributed by atoms with Gasteiger partial charge in [-0.15, -0.1) is 0 Å². The van der Waals surface area contributed by atoms with Crippen molar-refractivity contribution in [1.29, 1.82) is 0 Å². The van der Waals surface area contributed by atoms with E-state index in [1.165, 1.54) is 0 Å². The van der Waals surface area contributed by atoms with Gasteiger partial charge in [0.2, 0.25) is 5.78 Å². The Bertz CT molecular complexity index is 846. The van der Waals surface area contributed by atoms with Crippen LogP contribution in [-0.2, 0) is 16.6 Å². The average Bonchev–Trinajstić information content (AvgIpc) is 2.96. The number of Topliss-reactive ketones (excluding diaryl/α,β-unsaturated/α-hetero) is 1. The number of hydrogen-bond acceptors (Lipinski definition) is 5. The Hall–Kier alpha value is -2.54. The predicted molar refractivity (Wildman–Crippen MR) is 111 cm³/mol. The fraction of sp³-hybridized carbons (Fsp3) is 0.381. The summed E-state index contributed by atoms with van der Waals surface area (Å²) in [6, 6.07) is 9.67. The summed E-state index contributed by atoms with van der Waals surface area (Å²) in [5, 5.41) is 2.71. The lowest BCUT2D eigenvalue weighted by Crippen LogP contribution is -2.42. The maximum Gasteiger partial charge on any atom is 0.329 e. The van der Waals surface area contributed by atoms with Crippen molar-refractivity contribution in [2.75, 3.05) is 18.6 Å². The molecule has 1 aromatic heterocycles. The summed E-state index contributed by atoms with van der Waals surface area (Å²) < 4.78 is 7.15. The van der Waals surface area contributed by atoms with E-state index in [0.29, 0.717) is 23.3 Å². The van der Waals surface area contributed by atoms with E-state index < -0.39 is 12.0 Å². The van der Waals surface area contributed by atoms with Crippen LogP contribution in [0.1, 0.15) is 38.5 Å². The Morgan fingerprint density at radius 3 is 2.43 bits per heavy atom. The van der Waals surface area contributed by atoms with E-state index in [1.54, 1.807) is 42.1 Å². The second-order valence-electron chi connectivity index (χ2n) is 6.55. The molecule has 1 N–H and O–H groups in total. The highest BCUT2D eigenvalue weighted by Gasteiger charge is 2.24. The van der Waals surface area contributed by atoms with Gasteiger partial charge in [-0.2, -0.15) is 11.8 Å². The van der Waals surface area contributed by atoms with Gasteiger partial charge in [-0.3, -0.25) is 9.59 Å². The zero-order chi connectivity index (χ0) is 20.7. The number of aryl methyl sites for hydroxylation is 1. The molecule has 0 saturated carbocycles. The SMILES string of the molecule is CSCC[C@@H](NC(=O)c1ccccc1)C(=O)OCC(=O)c1cc(C)n(C)c1C. The van der Waals surface area contributed by atoms with Gasteiger partial charge in [-0.05, 0) is 50.5 Å². The first-order chi connectivity index (χ1) is 13.3. The van der Waals surface area contributed by atoms with E-state index in [-0.39, 0.29) is 18.3 Å². The Morgan fingerprint density at radius 2 is 1.86 bits per heavy atom. The summed E-state index contributed by atoms with van der Waals surface area (Å²) >= 11 is 1.57. The van der Waals surface area contributed by atoms with Gasteiger partial charge in [0.25, 0.3) is 5.91 Å². The molecule has 0 aliphatic heterocycles. The minimum atomic E-state index is -0.799. The summed E-state index contributed by atoms with van der Waals surface area (Å²) in [5.41, 5.74) is 2.80. The van der Waals surface area contributed by atoms with Gasteiger partial charge >= 0.3 is 5.97 Å². The smallest absolute Gasteiger partial charge is 0.329 e. The van der Waals surface area contributed by atoms with Crippen LogP contribution in [0.3, 0.4) is 0 Å². The monoisotopic (exact) mass is 402 g/mol. The number of ketones is 1. The molecule has 0 aliphatic rings. The Balaban J connectivity index is 2.01. The Kier molecular flexibility index (Phi) is 7.87. The number of rotatable bonds is 9. The molecule has 150 valence electrons. The first-order valence-electron chi connectivity index (χ1n) is 9.02.